The highest BCUT2D eigenvalue weighted by atomic mass is 19.2. The molecule has 0 fully saturated rings. The molecule has 0 saturated carbocycles. The molecule has 0 aliphatic carbocycles. The lowest BCUT2D eigenvalue weighted by atomic mass is 10.3. The molecular weight excluding hydrogens is 168 g/mol. The summed E-state index contributed by atoms with van der Waals surface area (Å²) in [4.78, 5) is 0. The average molecular weight is 171 g/mol. The minimum atomic E-state index is -1.31. The minimum absolute atomic E-state index is 0.0893. The van der Waals surface area contributed by atoms with Crippen molar-refractivity contribution in [2.24, 2.45) is 0 Å². The zero-order valence-electron chi connectivity index (χ0n) is 5.67. The summed E-state index contributed by atoms with van der Waals surface area (Å²) in [5, 5.41) is 17.8. The fourth-order valence-electron chi connectivity index (χ4n) is 0.911. The number of aromatic nitrogens is 3. The van der Waals surface area contributed by atoms with Crippen LogP contribution in [0, 0.1) is 11.6 Å². The molecule has 1 heterocycles. The Bertz CT molecular complexity index is 440. The molecule has 1 aromatic carbocycles. The third-order valence-corrected chi connectivity index (χ3v) is 1.47. The number of rotatable bonds is 0. The van der Waals surface area contributed by atoms with E-state index in [2.05, 4.69) is 15.4 Å². The van der Waals surface area contributed by atoms with Gasteiger partial charge in [0.15, 0.2) is 17.1 Å². The average Bonchev–Trinajstić information content (AvgIpc) is 2.48. The second kappa shape index (κ2) is 2.13. The normalized spacial score (nSPS) is 10.8. The number of fused-ring (bicyclic) bond motifs is 1. The summed E-state index contributed by atoms with van der Waals surface area (Å²) < 4.78 is 25.5. The van der Waals surface area contributed by atoms with E-state index in [0.29, 0.717) is 0 Å². The summed E-state index contributed by atoms with van der Waals surface area (Å²) in [5.74, 6) is -3.27. The number of aromatic amines is 1. The molecule has 0 saturated heterocycles. The summed E-state index contributed by atoms with van der Waals surface area (Å²) >= 11 is 0. The number of hydrogen-bond acceptors (Lipinski definition) is 3. The summed E-state index contributed by atoms with van der Waals surface area (Å²) in [5.41, 5.74) is -0.128. The summed E-state index contributed by atoms with van der Waals surface area (Å²) in [6.07, 6.45) is 0. The van der Waals surface area contributed by atoms with Crippen LogP contribution < -0.4 is 0 Å². The highest BCUT2D eigenvalue weighted by Gasteiger charge is 2.14. The number of aromatic hydroxyl groups is 1. The van der Waals surface area contributed by atoms with Crippen LogP contribution in [0.5, 0.6) is 5.75 Å². The molecule has 0 unspecified atom stereocenters. The fraction of sp³-hybridized carbons (Fsp3) is 0. The summed E-state index contributed by atoms with van der Waals surface area (Å²) in [6.45, 7) is 0. The minimum Gasteiger partial charge on any atom is -0.505 e. The van der Waals surface area contributed by atoms with Gasteiger partial charge in [-0.3, -0.25) is 0 Å². The van der Waals surface area contributed by atoms with E-state index >= 15 is 0 Å². The van der Waals surface area contributed by atoms with Crippen LogP contribution >= 0.6 is 0 Å². The van der Waals surface area contributed by atoms with E-state index in [1.807, 2.05) is 0 Å². The number of nitrogens with one attached hydrogen (secondary N) is 1. The Morgan fingerprint density at radius 3 is 2.75 bits per heavy atom. The van der Waals surface area contributed by atoms with Crippen molar-refractivity contribution < 1.29 is 13.9 Å². The van der Waals surface area contributed by atoms with E-state index in [1.54, 1.807) is 0 Å². The van der Waals surface area contributed by atoms with Gasteiger partial charge in [0.05, 0.1) is 0 Å². The van der Waals surface area contributed by atoms with Gasteiger partial charge < -0.3 is 5.11 Å². The Hall–Kier alpha value is -1.72. The van der Waals surface area contributed by atoms with Gasteiger partial charge in [0.25, 0.3) is 0 Å². The zero-order valence-corrected chi connectivity index (χ0v) is 5.67. The van der Waals surface area contributed by atoms with Gasteiger partial charge in [-0.25, -0.2) is 4.39 Å². The van der Waals surface area contributed by atoms with Gasteiger partial charge >= 0.3 is 0 Å². The molecule has 0 atom stereocenters. The first-order valence-electron chi connectivity index (χ1n) is 3.07. The number of phenols is 1. The predicted molar refractivity (Wildman–Crippen MR) is 35.5 cm³/mol. The Morgan fingerprint density at radius 2 is 2.00 bits per heavy atom. The molecule has 6 heteroatoms. The van der Waals surface area contributed by atoms with Crippen molar-refractivity contribution in [3.8, 4) is 5.75 Å². The van der Waals surface area contributed by atoms with E-state index in [-0.39, 0.29) is 11.0 Å². The quantitative estimate of drug-likeness (QED) is 0.620. The first-order chi connectivity index (χ1) is 5.70. The number of halogens is 2. The molecular formula is C6H3F2N3O. The number of H-pyrrole nitrogens is 1. The first-order valence-corrected chi connectivity index (χ1v) is 3.07. The van der Waals surface area contributed by atoms with Gasteiger partial charge in [0, 0.05) is 6.07 Å². The molecule has 2 aromatic rings. The van der Waals surface area contributed by atoms with Crippen LogP contribution in [0.2, 0.25) is 0 Å². The summed E-state index contributed by atoms with van der Waals surface area (Å²) in [6, 6.07) is 0.997. The standard InChI is InChI=1S/C6H3F2N3O/c7-4-3(12)1-2-6(5(4)8)10-11-9-2/h1,12H,(H,9,10,11). The van der Waals surface area contributed by atoms with Crippen LogP contribution in [0.4, 0.5) is 8.78 Å². The third kappa shape index (κ3) is 0.744. The van der Waals surface area contributed by atoms with Gasteiger partial charge in [0.2, 0.25) is 5.82 Å². The van der Waals surface area contributed by atoms with Crippen molar-refractivity contribution in [1.82, 2.24) is 15.4 Å². The van der Waals surface area contributed by atoms with Crippen LogP contribution in [0.1, 0.15) is 0 Å². The first kappa shape index (κ1) is 6.96. The van der Waals surface area contributed by atoms with Gasteiger partial charge in [0.1, 0.15) is 5.52 Å². The maximum absolute atomic E-state index is 12.8. The van der Waals surface area contributed by atoms with Crippen LogP contribution in [-0.4, -0.2) is 20.5 Å². The fourth-order valence-corrected chi connectivity index (χ4v) is 0.911. The molecule has 2 N–H and O–H groups in total. The van der Waals surface area contributed by atoms with E-state index in [0.717, 1.165) is 6.07 Å². The molecule has 0 spiro atoms. The molecule has 0 bridgehead atoms. The largest absolute Gasteiger partial charge is 0.505 e. The van der Waals surface area contributed by atoms with Crippen molar-refractivity contribution >= 4 is 11.0 Å². The molecule has 0 aliphatic heterocycles. The maximum Gasteiger partial charge on any atom is 0.202 e. The van der Waals surface area contributed by atoms with Crippen LogP contribution in [-0.2, 0) is 0 Å². The molecule has 62 valence electrons. The molecule has 12 heavy (non-hydrogen) atoms. The lowest BCUT2D eigenvalue weighted by Crippen LogP contribution is -1.86. The Morgan fingerprint density at radius 1 is 1.25 bits per heavy atom. The maximum atomic E-state index is 12.8. The smallest absolute Gasteiger partial charge is 0.202 e. The molecule has 1 aromatic heterocycles. The van der Waals surface area contributed by atoms with Crippen molar-refractivity contribution in [2.45, 2.75) is 0 Å². The summed E-state index contributed by atoms with van der Waals surface area (Å²) in [7, 11) is 0. The van der Waals surface area contributed by atoms with Crippen molar-refractivity contribution in [3.05, 3.63) is 17.7 Å². The SMILES string of the molecule is Oc1cc2n[nH]nc2c(F)c1F. The highest BCUT2D eigenvalue weighted by Crippen LogP contribution is 2.24. The number of nitrogens with zero attached hydrogens (tertiary/aromatic N) is 2. The highest BCUT2D eigenvalue weighted by molar-refractivity contribution is 5.76. The van der Waals surface area contributed by atoms with Gasteiger partial charge in [-0.15, -0.1) is 0 Å². The topological polar surface area (TPSA) is 61.8 Å². The molecule has 0 aliphatic rings. The van der Waals surface area contributed by atoms with Crippen LogP contribution in [0.25, 0.3) is 11.0 Å². The second-order valence-electron chi connectivity index (χ2n) is 2.21. The predicted octanol–water partition coefficient (Wildman–Crippen LogP) is 0.942. The number of hydrogen-bond donors (Lipinski definition) is 2. The molecule has 4 nitrogen and oxygen atoms in total. The third-order valence-electron chi connectivity index (χ3n) is 1.47. The Kier molecular flexibility index (Phi) is 1.24. The van der Waals surface area contributed by atoms with E-state index < -0.39 is 17.4 Å². The van der Waals surface area contributed by atoms with Crippen LogP contribution in [0.3, 0.4) is 0 Å². The number of benzene rings is 1. The van der Waals surface area contributed by atoms with Gasteiger partial charge in [-0.2, -0.15) is 19.8 Å². The molecule has 0 amide bonds. The second-order valence-corrected chi connectivity index (χ2v) is 2.21. The molecule has 2 rings (SSSR count). The van der Waals surface area contributed by atoms with E-state index in [1.165, 1.54) is 0 Å². The van der Waals surface area contributed by atoms with E-state index in [9.17, 15) is 8.78 Å². The molecule has 0 radical (unpaired) electrons. The van der Waals surface area contributed by atoms with Crippen molar-refractivity contribution in [1.29, 1.82) is 0 Å². The van der Waals surface area contributed by atoms with Crippen molar-refractivity contribution in [3.63, 3.8) is 0 Å². The lowest BCUT2D eigenvalue weighted by molar-refractivity contribution is 0.410. The Balaban J connectivity index is 2.94. The van der Waals surface area contributed by atoms with Crippen molar-refractivity contribution in [2.75, 3.05) is 0 Å². The monoisotopic (exact) mass is 171 g/mol. The van der Waals surface area contributed by atoms with E-state index in [4.69, 9.17) is 5.11 Å². The van der Waals surface area contributed by atoms with Crippen LogP contribution in [0.15, 0.2) is 6.07 Å². The lowest BCUT2D eigenvalue weighted by Gasteiger charge is -1.94. The zero-order chi connectivity index (χ0) is 8.72. The van der Waals surface area contributed by atoms with Gasteiger partial charge in [-0.05, 0) is 0 Å². The number of phenolic OH excluding ortho intramolecular Hbond substituents is 1. The Labute approximate surface area is 64.8 Å². The van der Waals surface area contributed by atoms with Gasteiger partial charge in [-0.1, -0.05) is 0 Å².